The lowest BCUT2D eigenvalue weighted by atomic mass is 10.0. The summed E-state index contributed by atoms with van der Waals surface area (Å²) in [5, 5.41) is 3.28. The third-order valence-electron chi connectivity index (χ3n) is 2.84. The van der Waals surface area contributed by atoms with E-state index < -0.39 is 0 Å². The fraction of sp³-hybridized carbons (Fsp3) is 0.500. The highest BCUT2D eigenvalue weighted by atomic mass is 35.5. The van der Waals surface area contributed by atoms with E-state index >= 15 is 0 Å². The zero-order valence-electron chi connectivity index (χ0n) is 9.49. The van der Waals surface area contributed by atoms with Crippen LogP contribution in [0.1, 0.15) is 23.3 Å². The van der Waals surface area contributed by atoms with Crippen LogP contribution in [-0.4, -0.2) is 28.9 Å². The molecule has 1 aromatic heterocycles. The fourth-order valence-electron chi connectivity index (χ4n) is 1.81. The monoisotopic (exact) mass is 270 g/mol. The number of rotatable bonds is 3. The van der Waals surface area contributed by atoms with Crippen molar-refractivity contribution in [2.24, 2.45) is 5.92 Å². The van der Waals surface area contributed by atoms with E-state index in [9.17, 15) is 4.79 Å². The summed E-state index contributed by atoms with van der Waals surface area (Å²) in [5.41, 5.74) is 0.391. The van der Waals surface area contributed by atoms with Gasteiger partial charge in [-0.05, 0) is 42.4 Å². The van der Waals surface area contributed by atoms with Crippen molar-refractivity contribution in [2.45, 2.75) is 12.8 Å². The molecule has 0 unspecified atom stereocenters. The zero-order chi connectivity index (χ0) is 12.1. The Kier molecular flexibility index (Phi) is 4.68. The van der Waals surface area contributed by atoms with Gasteiger partial charge >= 0.3 is 0 Å². The number of thioether (sulfide) groups is 1. The van der Waals surface area contributed by atoms with Gasteiger partial charge in [-0.3, -0.25) is 4.79 Å². The number of pyridine rings is 1. The van der Waals surface area contributed by atoms with Crippen LogP contribution in [0.5, 0.6) is 0 Å². The second kappa shape index (κ2) is 6.26. The second-order valence-corrected chi connectivity index (χ2v) is 5.72. The first-order chi connectivity index (χ1) is 8.25. The van der Waals surface area contributed by atoms with E-state index in [0.717, 1.165) is 6.54 Å². The molecule has 1 amide bonds. The maximum absolute atomic E-state index is 11.8. The van der Waals surface area contributed by atoms with Crippen molar-refractivity contribution >= 4 is 29.3 Å². The second-order valence-electron chi connectivity index (χ2n) is 4.11. The molecule has 0 spiro atoms. The van der Waals surface area contributed by atoms with Crippen LogP contribution in [0.2, 0.25) is 5.15 Å². The van der Waals surface area contributed by atoms with Crippen molar-refractivity contribution in [1.82, 2.24) is 10.3 Å². The standard InChI is InChI=1S/C12H15ClN2OS/c13-11-3-1-2-10(15-11)12(16)14-8-9-4-6-17-7-5-9/h1-3,9H,4-8H2,(H,14,16). The van der Waals surface area contributed by atoms with Gasteiger partial charge in [-0.25, -0.2) is 4.98 Å². The highest BCUT2D eigenvalue weighted by Gasteiger charge is 2.15. The fourth-order valence-corrected chi connectivity index (χ4v) is 3.18. The molecule has 0 bridgehead atoms. The van der Waals surface area contributed by atoms with Crippen LogP contribution < -0.4 is 5.32 Å². The molecule has 92 valence electrons. The maximum atomic E-state index is 11.8. The van der Waals surface area contributed by atoms with Gasteiger partial charge in [0.25, 0.3) is 5.91 Å². The molecule has 1 aliphatic heterocycles. The maximum Gasteiger partial charge on any atom is 0.269 e. The van der Waals surface area contributed by atoms with Gasteiger partial charge in [0.1, 0.15) is 10.8 Å². The topological polar surface area (TPSA) is 42.0 Å². The summed E-state index contributed by atoms with van der Waals surface area (Å²) in [7, 11) is 0. The largest absolute Gasteiger partial charge is 0.350 e. The van der Waals surface area contributed by atoms with E-state index in [4.69, 9.17) is 11.6 Å². The van der Waals surface area contributed by atoms with Gasteiger partial charge in [-0.2, -0.15) is 11.8 Å². The lowest BCUT2D eigenvalue weighted by Gasteiger charge is -2.21. The van der Waals surface area contributed by atoms with Crippen LogP contribution in [-0.2, 0) is 0 Å². The average Bonchev–Trinajstić information content (AvgIpc) is 2.37. The first kappa shape index (κ1) is 12.7. The molecular weight excluding hydrogens is 256 g/mol. The Morgan fingerprint density at radius 3 is 2.94 bits per heavy atom. The number of nitrogens with zero attached hydrogens (tertiary/aromatic N) is 1. The van der Waals surface area contributed by atoms with Gasteiger partial charge in [0, 0.05) is 6.54 Å². The summed E-state index contributed by atoms with van der Waals surface area (Å²) in [6.45, 7) is 0.744. The number of amides is 1. The third-order valence-corrected chi connectivity index (χ3v) is 4.10. The molecule has 1 saturated heterocycles. The van der Waals surface area contributed by atoms with Gasteiger partial charge in [-0.1, -0.05) is 17.7 Å². The van der Waals surface area contributed by atoms with Crippen LogP contribution in [0.25, 0.3) is 0 Å². The molecule has 3 nitrogen and oxygen atoms in total. The first-order valence-electron chi connectivity index (χ1n) is 5.74. The number of hydrogen-bond acceptors (Lipinski definition) is 3. The predicted molar refractivity (Wildman–Crippen MR) is 71.6 cm³/mol. The number of hydrogen-bond donors (Lipinski definition) is 1. The average molecular weight is 271 g/mol. The van der Waals surface area contributed by atoms with E-state index in [0.29, 0.717) is 16.8 Å². The third kappa shape index (κ3) is 3.89. The van der Waals surface area contributed by atoms with Crippen LogP contribution in [0, 0.1) is 5.92 Å². The summed E-state index contributed by atoms with van der Waals surface area (Å²) in [5.74, 6) is 2.89. The summed E-state index contributed by atoms with van der Waals surface area (Å²) >= 11 is 7.73. The van der Waals surface area contributed by atoms with E-state index in [1.807, 2.05) is 11.8 Å². The summed E-state index contributed by atoms with van der Waals surface area (Å²) in [6.07, 6.45) is 2.38. The van der Waals surface area contributed by atoms with Crippen molar-refractivity contribution in [2.75, 3.05) is 18.1 Å². The number of aromatic nitrogens is 1. The smallest absolute Gasteiger partial charge is 0.269 e. The van der Waals surface area contributed by atoms with E-state index in [1.165, 1.54) is 24.3 Å². The molecular formula is C12H15ClN2OS. The highest BCUT2D eigenvalue weighted by Crippen LogP contribution is 2.21. The normalized spacial score (nSPS) is 16.8. The van der Waals surface area contributed by atoms with Gasteiger partial charge in [-0.15, -0.1) is 0 Å². The van der Waals surface area contributed by atoms with Crippen LogP contribution in [0.15, 0.2) is 18.2 Å². The Hall–Kier alpha value is -0.740. The van der Waals surface area contributed by atoms with E-state index in [2.05, 4.69) is 10.3 Å². The Morgan fingerprint density at radius 1 is 1.47 bits per heavy atom. The minimum atomic E-state index is -0.134. The molecule has 17 heavy (non-hydrogen) atoms. The highest BCUT2D eigenvalue weighted by molar-refractivity contribution is 7.99. The Morgan fingerprint density at radius 2 is 2.24 bits per heavy atom. The van der Waals surface area contributed by atoms with Crippen molar-refractivity contribution in [1.29, 1.82) is 0 Å². The van der Waals surface area contributed by atoms with Crippen molar-refractivity contribution < 1.29 is 4.79 Å². The molecule has 2 rings (SSSR count). The SMILES string of the molecule is O=C(NCC1CCSCC1)c1cccc(Cl)n1. The van der Waals surface area contributed by atoms with Crippen LogP contribution in [0.4, 0.5) is 0 Å². The van der Waals surface area contributed by atoms with E-state index in [1.54, 1.807) is 18.2 Å². The Balaban J connectivity index is 1.84. The summed E-state index contributed by atoms with van der Waals surface area (Å²) in [4.78, 5) is 15.8. The Labute approximate surface area is 110 Å². The van der Waals surface area contributed by atoms with Gasteiger partial charge in [0.2, 0.25) is 0 Å². The molecule has 0 atom stereocenters. The lowest BCUT2D eigenvalue weighted by Crippen LogP contribution is -2.31. The molecule has 5 heteroatoms. The van der Waals surface area contributed by atoms with Crippen molar-refractivity contribution in [3.05, 3.63) is 29.0 Å². The van der Waals surface area contributed by atoms with Gasteiger partial charge in [0.05, 0.1) is 0 Å². The molecule has 0 radical (unpaired) electrons. The minimum absolute atomic E-state index is 0.134. The molecule has 2 heterocycles. The minimum Gasteiger partial charge on any atom is -0.350 e. The van der Waals surface area contributed by atoms with Crippen molar-refractivity contribution in [3.63, 3.8) is 0 Å². The predicted octanol–water partition coefficient (Wildman–Crippen LogP) is 2.61. The molecule has 0 aromatic carbocycles. The number of halogens is 1. The first-order valence-corrected chi connectivity index (χ1v) is 7.27. The van der Waals surface area contributed by atoms with Gasteiger partial charge < -0.3 is 5.32 Å². The quantitative estimate of drug-likeness (QED) is 0.859. The molecule has 1 aliphatic rings. The number of nitrogens with one attached hydrogen (secondary N) is 1. The zero-order valence-corrected chi connectivity index (χ0v) is 11.1. The van der Waals surface area contributed by atoms with Gasteiger partial charge in [0.15, 0.2) is 0 Å². The molecule has 1 N–H and O–H groups in total. The molecule has 0 saturated carbocycles. The van der Waals surface area contributed by atoms with Crippen LogP contribution >= 0.6 is 23.4 Å². The number of carbonyl (C=O) groups is 1. The summed E-state index contributed by atoms with van der Waals surface area (Å²) in [6, 6.07) is 5.08. The van der Waals surface area contributed by atoms with E-state index in [-0.39, 0.29) is 5.91 Å². The summed E-state index contributed by atoms with van der Waals surface area (Å²) < 4.78 is 0. The number of carbonyl (C=O) groups excluding carboxylic acids is 1. The Bertz CT molecular complexity index is 394. The van der Waals surface area contributed by atoms with Crippen molar-refractivity contribution in [3.8, 4) is 0 Å². The molecule has 1 aromatic rings. The molecule has 0 aliphatic carbocycles. The lowest BCUT2D eigenvalue weighted by molar-refractivity contribution is 0.0941. The molecule has 1 fully saturated rings. The van der Waals surface area contributed by atoms with Crippen LogP contribution in [0.3, 0.4) is 0 Å².